The van der Waals surface area contributed by atoms with Crippen LogP contribution < -0.4 is 5.32 Å². The summed E-state index contributed by atoms with van der Waals surface area (Å²) in [5.74, 6) is 0.349. The van der Waals surface area contributed by atoms with Crippen molar-refractivity contribution in [2.45, 2.75) is 76.9 Å². The van der Waals surface area contributed by atoms with Crippen LogP contribution in [0.3, 0.4) is 0 Å². The van der Waals surface area contributed by atoms with Gasteiger partial charge < -0.3 is 19.6 Å². The van der Waals surface area contributed by atoms with Gasteiger partial charge in [-0.05, 0) is 70.0 Å². The van der Waals surface area contributed by atoms with Crippen LogP contribution in [0.1, 0.15) is 52.5 Å². The normalized spacial score (nSPS) is 26.6. The van der Waals surface area contributed by atoms with Crippen molar-refractivity contribution in [1.29, 1.82) is 0 Å². The first kappa shape index (κ1) is 26.3. The summed E-state index contributed by atoms with van der Waals surface area (Å²) in [6.07, 6.45) is 3.90. The van der Waals surface area contributed by atoms with Gasteiger partial charge in [0.05, 0.1) is 18.8 Å². The van der Waals surface area contributed by atoms with Crippen molar-refractivity contribution in [3.63, 3.8) is 0 Å². The van der Waals surface area contributed by atoms with E-state index in [1.54, 1.807) is 0 Å². The van der Waals surface area contributed by atoms with Crippen LogP contribution in [0.4, 0.5) is 0 Å². The lowest BCUT2D eigenvalue weighted by atomic mass is 10.1. The van der Waals surface area contributed by atoms with Crippen LogP contribution in [0, 0.1) is 5.92 Å². The molecule has 6 nitrogen and oxygen atoms in total. The third-order valence-corrected chi connectivity index (χ3v) is 6.88. The lowest BCUT2D eigenvalue weighted by Gasteiger charge is -2.24. The molecule has 1 saturated carbocycles. The number of likely N-dealkylation sites (tertiary alicyclic amines) is 1. The minimum absolute atomic E-state index is 0.00696. The number of carbonyl (C=O) groups excluding carboxylic acids is 2. The second-order valence-electron chi connectivity index (χ2n) is 10.5. The molecule has 1 saturated heterocycles. The fraction of sp³-hybridized carbons (Fsp3) is 0.571. The summed E-state index contributed by atoms with van der Waals surface area (Å²) < 4.78 is 11.4. The largest absolute Gasteiger partial charge is 0.459 e. The van der Waals surface area contributed by atoms with Gasteiger partial charge in [0.1, 0.15) is 17.4 Å². The molecular formula is C28H40N2O4. The maximum Gasteiger partial charge on any atom is 0.327 e. The van der Waals surface area contributed by atoms with Crippen molar-refractivity contribution < 1.29 is 19.1 Å². The van der Waals surface area contributed by atoms with E-state index >= 15 is 0 Å². The number of fused-ring (bicyclic) bond motifs is 1. The molecule has 0 amide bonds. The number of nitrogens with one attached hydrogen (secondary N) is 1. The SMILES string of the molecule is CC[C@H]1C[C@]1(NC)C(=O)OC(C)(C)C.CN1C[C@H](OCc2cccc3ccccc23)CC1C=O. The van der Waals surface area contributed by atoms with E-state index in [2.05, 4.69) is 53.5 Å². The van der Waals surface area contributed by atoms with Crippen molar-refractivity contribution in [1.82, 2.24) is 10.2 Å². The zero-order chi connectivity index (χ0) is 24.9. The molecule has 1 heterocycles. The maximum atomic E-state index is 11.9. The molecule has 1 aliphatic carbocycles. The Bertz CT molecular complexity index is 981. The van der Waals surface area contributed by atoms with Crippen molar-refractivity contribution >= 4 is 23.0 Å². The maximum absolute atomic E-state index is 11.9. The highest BCUT2D eigenvalue weighted by Gasteiger charge is 2.59. The molecule has 2 aliphatic rings. The molecule has 1 N–H and O–H groups in total. The van der Waals surface area contributed by atoms with Gasteiger partial charge in [0.2, 0.25) is 0 Å². The van der Waals surface area contributed by atoms with E-state index in [4.69, 9.17) is 9.47 Å². The average molecular weight is 469 g/mol. The molecule has 0 radical (unpaired) electrons. The van der Waals surface area contributed by atoms with Gasteiger partial charge in [-0.15, -0.1) is 0 Å². The van der Waals surface area contributed by atoms with Gasteiger partial charge in [-0.2, -0.15) is 0 Å². The van der Waals surface area contributed by atoms with Gasteiger partial charge in [-0.1, -0.05) is 55.8 Å². The Labute approximate surface area is 204 Å². The zero-order valence-corrected chi connectivity index (χ0v) is 21.5. The van der Waals surface area contributed by atoms with E-state index in [1.807, 2.05) is 40.9 Å². The Hall–Kier alpha value is -2.28. The van der Waals surface area contributed by atoms with Crippen molar-refractivity contribution in [3.05, 3.63) is 48.0 Å². The molecule has 34 heavy (non-hydrogen) atoms. The highest BCUT2D eigenvalue weighted by molar-refractivity contribution is 5.86. The fourth-order valence-corrected chi connectivity index (χ4v) is 4.74. The van der Waals surface area contributed by atoms with E-state index in [0.717, 1.165) is 32.1 Å². The number of carbonyl (C=O) groups is 2. The van der Waals surface area contributed by atoms with Gasteiger partial charge in [-0.25, -0.2) is 0 Å². The molecule has 0 aromatic heterocycles. The Morgan fingerprint density at radius 3 is 2.50 bits per heavy atom. The molecule has 0 bridgehead atoms. The quantitative estimate of drug-likeness (QED) is 0.482. The number of rotatable bonds is 7. The minimum Gasteiger partial charge on any atom is -0.459 e. The summed E-state index contributed by atoms with van der Waals surface area (Å²) in [6, 6.07) is 14.6. The summed E-state index contributed by atoms with van der Waals surface area (Å²) in [5, 5.41) is 5.58. The molecule has 2 fully saturated rings. The molecule has 1 unspecified atom stereocenters. The highest BCUT2D eigenvalue weighted by atomic mass is 16.6. The topological polar surface area (TPSA) is 67.9 Å². The van der Waals surface area contributed by atoms with E-state index in [0.29, 0.717) is 12.5 Å². The van der Waals surface area contributed by atoms with Crippen LogP contribution in [-0.4, -0.2) is 61.1 Å². The molecular weight excluding hydrogens is 428 g/mol. The Morgan fingerprint density at radius 2 is 1.91 bits per heavy atom. The Balaban J connectivity index is 0.000000204. The summed E-state index contributed by atoms with van der Waals surface area (Å²) in [6.45, 7) is 9.24. The summed E-state index contributed by atoms with van der Waals surface area (Å²) >= 11 is 0. The number of hydrogen-bond donors (Lipinski definition) is 1. The second kappa shape index (κ2) is 11.0. The molecule has 1 aliphatic heterocycles. The number of esters is 1. The van der Waals surface area contributed by atoms with Crippen LogP contribution in [0.25, 0.3) is 10.8 Å². The third kappa shape index (κ3) is 6.23. The molecule has 186 valence electrons. The van der Waals surface area contributed by atoms with Gasteiger partial charge in [0, 0.05) is 6.54 Å². The second-order valence-corrected chi connectivity index (χ2v) is 10.5. The summed E-state index contributed by atoms with van der Waals surface area (Å²) in [4.78, 5) is 24.8. The first-order valence-electron chi connectivity index (χ1n) is 12.3. The number of nitrogens with zero attached hydrogens (tertiary/aromatic N) is 1. The van der Waals surface area contributed by atoms with E-state index in [-0.39, 0.29) is 29.3 Å². The predicted molar refractivity (Wildman–Crippen MR) is 136 cm³/mol. The minimum atomic E-state index is -0.387. The van der Waals surface area contributed by atoms with E-state index < -0.39 is 0 Å². The summed E-state index contributed by atoms with van der Waals surface area (Å²) in [5.41, 5.74) is 0.435. The molecule has 4 atom stereocenters. The van der Waals surface area contributed by atoms with Crippen LogP contribution >= 0.6 is 0 Å². The summed E-state index contributed by atoms with van der Waals surface area (Å²) in [7, 11) is 3.81. The number of likely N-dealkylation sites (N-methyl/N-ethyl adjacent to an activating group) is 2. The lowest BCUT2D eigenvalue weighted by molar-refractivity contribution is -0.159. The van der Waals surface area contributed by atoms with Gasteiger partial charge in [0.15, 0.2) is 0 Å². The Morgan fingerprint density at radius 1 is 1.21 bits per heavy atom. The first-order chi connectivity index (χ1) is 16.1. The zero-order valence-electron chi connectivity index (χ0n) is 21.5. The van der Waals surface area contributed by atoms with E-state index in [1.165, 1.54) is 16.3 Å². The van der Waals surface area contributed by atoms with Crippen molar-refractivity contribution in [3.8, 4) is 0 Å². The van der Waals surface area contributed by atoms with Gasteiger partial charge in [0.25, 0.3) is 0 Å². The predicted octanol–water partition coefficient (Wildman–Crippen LogP) is 4.34. The van der Waals surface area contributed by atoms with Crippen LogP contribution in [0.5, 0.6) is 0 Å². The molecule has 6 heteroatoms. The molecule has 0 spiro atoms. The first-order valence-corrected chi connectivity index (χ1v) is 12.3. The van der Waals surface area contributed by atoms with Crippen molar-refractivity contribution in [2.75, 3.05) is 20.6 Å². The van der Waals surface area contributed by atoms with Gasteiger partial charge >= 0.3 is 5.97 Å². The van der Waals surface area contributed by atoms with Crippen LogP contribution in [0.2, 0.25) is 0 Å². The Kier molecular flexibility index (Phi) is 8.50. The van der Waals surface area contributed by atoms with E-state index in [9.17, 15) is 9.59 Å². The fourth-order valence-electron chi connectivity index (χ4n) is 4.74. The van der Waals surface area contributed by atoms with Crippen LogP contribution in [0.15, 0.2) is 42.5 Å². The average Bonchev–Trinajstić information content (AvgIpc) is 3.44. The van der Waals surface area contributed by atoms with Crippen molar-refractivity contribution in [2.24, 2.45) is 5.92 Å². The number of aldehydes is 1. The smallest absolute Gasteiger partial charge is 0.327 e. The molecule has 4 rings (SSSR count). The monoisotopic (exact) mass is 468 g/mol. The number of hydrogen-bond acceptors (Lipinski definition) is 6. The number of benzene rings is 2. The highest BCUT2D eigenvalue weighted by Crippen LogP contribution is 2.46. The standard InChI is InChI=1S/C17H19NO2.C11H21NO2/c1-18-10-16(9-15(18)11-19)20-12-14-7-4-6-13-5-2-3-8-17(13)14;1-6-8-7-11(8,12-5)9(13)14-10(2,3)4/h2-8,11,15-16H,9-10,12H2,1H3;8,12H,6-7H2,1-5H3/t15?,16-;8-,11+/m10/s1. The molecule has 2 aromatic rings. The van der Waals surface area contributed by atoms with Gasteiger partial charge in [-0.3, -0.25) is 9.69 Å². The lowest BCUT2D eigenvalue weighted by Crippen LogP contribution is -2.43. The van der Waals surface area contributed by atoms with Crippen LogP contribution in [-0.2, 0) is 25.7 Å². The number of ether oxygens (including phenoxy) is 2. The molecule has 2 aromatic carbocycles. The third-order valence-electron chi connectivity index (χ3n) is 6.88.